The lowest BCUT2D eigenvalue weighted by molar-refractivity contribution is 0.509. The molecule has 4 rings (SSSR count). The molecule has 1 aliphatic rings. The number of thioether (sulfide) groups is 1. The minimum absolute atomic E-state index is 0.651. The van der Waals surface area contributed by atoms with Crippen LogP contribution in [0.4, 0.5) is 5.82 Å². The topological polar surface area (TPSA) is 51.8 Å². The first kappa shape index (κ1) is 15.0. The average molecular weight is 342 g/mol. The van der Waals surface area contributed by atoms with Crippen LogP contribution in [-0.4, -0.2) is 9.97 Å². The van der Waals surface area contributed by atoms with Gasteiger partial charge in [0.05, 0.1) is 5.39 Å². The van der Waals surface area contributed by atoms with E-state index in [1.165, 1.54) is 22.4 Å². The SMILES string of the molecule is CC1CCc2c(sc3nc(SCc4ccccc4)nc(N)c23)C1. The van der Waals surface area contributed by atoms with E-state index >= 15 is 0 Å². The number of aromatic nitrogens is 2. The normalized spacial score (nSPS) is 17.3. The molecule has 2 N–H and O–H groups in total. The lowest BCUT2D eigenvalue weighted by Gasteiger charge is -2.17. The molecule has 1 atom stereocenters. The average Bonchev–Trinajstić information content (AvgIpc) is 2.91. The van der Waals surface area contributed by atoms with Gasteiger partial charge in [-0.1, -0.05) is 49.0 Å². The molecule has 0 amide bonds. The maximum Gasteiger partial charge on any atom is 0.191 e. The number of fused-ring (bicyclic) bond motifs is 3. The van der Waals surface area contributed by atoms with Crippen LogP contribution >= 0.6 is 23.1 Å². The summed E-state index contributed by atoms with van der Waals surface area (Å²) in [5, 5.41) is 1.89. The number of anilines is 1. The van der Waals surface area contributed by atoms with E-state index in [0.717, 1.165) is 39.9 Å². The summed E-state index contributed by atoms with van der Waals surface area (Å²) in [4.78, 5) is 11.8. The number of nitrogen functional groups attached to an aromatic ring is 1. The Bertz CT molecular complexity index is 842. The fraction of sp³-hybridized carbons (Fsp3) is 0.333. The Hall–Kier alpha value is -1.59. The monoisotopic (exact) mass is 341 g/mol. The molecular formula is C18H19N3S2. The van der Waals surface area contributed by atoms with Crippen LogP contribution in [0.2, 0.25) is 0 Å². The first-order chi connectivity index (χ1) is 11.2. The van der Waals surface area contributed by atoms with Crippen molar-refractivity contribution in [1.82, 2.24) is 9.97 Å². The third kappa shape index (κ3) is 2.95. The highest BCUT2D eigenvalue weighted by molar-refractivity contribution is 7.98. The minimum Gasteiger partial charge on any atom is -0.383 e. The Morgan fingerprint density at radius 2 is 2.09 bits per heavy atom. The van der Waals surface area contributed by atoms with E-state index in [0.29, 0.717) is 5.82 Å². The van der Waals surface area contributed by atoms with Gasteiger partial charge in [-0.15, -0.1) is 11.3 Å². The highest BCUT2D eigenvalue weighted by Gasteiger charge is 2.23. The Kier molecular flexibility index (Phi) is 3.99. The van der Waals surface area contributed by atoms with Crippen molar-refractivity contribution in [3.8, 4) is 0 Å². The van der Waals surface area contributed by atoms with Crippen LogP contribution in [0.5, 0.6) is 0 Å². The van der Waals surface area contributed by atoms with Crippen LogP contribution in [-0.2, 0) is 18.6 Å². The Balaban J connectivity index is 1.65. The third-order valence-corrected chi connectivity index (χ3v) is 6.44. The number of nitrogens with zero attached hydrogens (tertiary/aromatic N) is 2. The van der Waals surface area contributed by atoms with Gasteiger partial charge in [-0.25, -0.2) is 9.97 Å². The summed E-state index contributed by atoms with van der Waals surface area (Å²) in [6.45, 7) is 2.32. The molecule has 0 fully saturated rings. The van der Waals surface area contributed by atoms with Crippen LogP contribution in [0.3, 0.4) is 0 Å². The van der Waals surface area contributed by atoms with Gasteiger partial charge in [-0.3, -0.25) is 0 Å². The molecule has 23 heavy (non-hydrogen) atoms. The van der Waals surface area contributed by atoms with E-state index in [2.05, 4.69) is 36.2 Å². The summed E-state index contributed by atoms with van der Waals surface area (Å²) in [5.41, 5.74) is 8.95. The molecule has 2 aromatic heterocycles. The molecule has 0 radical (unpaired) electrons. The first-order valence-corrected chi connectivity index (χ1v) is 9.75. The number of hydrogen-bond donors (Lipinski definition) is 1. The third-order valence-electron chi connectivity index (χ3n) is 4.37. The fourth-order valence-electron chi connectivity index (χ4n) is 3.14. The second-order valence-electron chi connectivity index (χ2n) is 6.20. The standard InChI is InChI=1S/C18H19N3S2/c1-11-7-8-13-14(9-11)23-17-15(13)16(19)20-18(21-17)22-10-12-5-3-2-4-6-12/h2-6,11H,7-10H2,1H3,(H2,19,20,21). The Morgan fingerprint density at radius 3 is 2.91 bits per heavy atom. The highest BCUT2D eigenvalue weighted by Crippen LogP contribution is 2.40. The van der Waals surface area contributed by atoms with Crippen LogP contribution in [0.25, 0.3) is 10.2 Å². The fourth-order valence-corrected chi connectivity index (χ4v) is 5.39. The zero-order valence-electron chi connectivity index (χ0n) is 13.1. The van der Waals surface area contributed by atoms with E-state index in [1.54, 1.807) is 11.8 Å². The predicted molar refractivity (Wildman–Crippen MR) is 99.0 cm³/mol. The number of thiophene rings is 1. The van der Waals surface area contributed by atoms with Crippen molar-refractivity contribution in [3.63, 3.8) is 0 Å². The van der Waals surface area contributed by atoms with Gasteiger partial charge in [0.1, 0.15) is 10.6 Å². The molecule has 0 bridgehead atoms. The van der Waals surface area contributed by atoms with Crippen molar-refractivity contribution < 1.29 is 0 Å². The molecule has 118 valence electrons. The number of hydrogen-bond acceptors (Lipinski definition) is 5. The minimum atomic E-state index is 0.651. The molecule has 1 unspecified atom stereocenters. The van der Waals surface area contributed by atoms with Crippen LogP contribution in [0.15, 0.2) is 35.5 Å². The van der Waals surface area contributed by atoms with E-state index in [-0.39, 0.29) is 0 Å². The van der Waals surface area contributed by atoms with Crippen molar-refractivity contribution >= 4 is 39.1 Å². The lowest BCUT2D eigenvalue weighted by atomic mass is 9.89. The second kappa shape index (κ2) is 6.13. The van der Waals surface area contributed by atoms with Gasteiger partial charge in [0.2, 0.25) is 0 Å². The van der Waals surface area contributed by atoms with Gasteiger partial charge in [0, 0.05) is 10.6 Å². The van der Waals surface area contributed by atoms with Gasteiger partial charge in [0.15, 0.2) is 5.16 Å². The zero-order chi connectivity index (χ0) is 15.8. The van der Waals surface area contributed by atoms with Crippen LogP contribution in [0, 0.1) is 5.92 Å². The van der Waals surface area contributed by atoms with Crippen LogP contribution in [0.1, 0.15) is 29.3 Å². The maximum absolute atomic E-state index is 6.27. The number of nitrogens with two attached hydrogens (primary N) is 1. The Labute approximate surface area is 144 Å². The quantitative estimate of drug-likeness (QED) is 0.554. The number of aryl methyl sites for hydroxylation is 1. The molecule has 5 heteroatoms. The highest BCUT2D eigenvalue weighted by atomic mass is 32.2. The van der Waals surface area contributed by atoms with E-state index in [4.69, 9.17) is 10.7 Å². The molecule has 0 spiro atoms. The predicted octanol–water partition coefficient (Wildman–Crippen LogP) is 4.69. The van der Waals surface area contributed by atoms with E-state index in [1.807, 2.05) is 17.4 Å². The van der Waals surface area contributed by atoms with E-state index < -0.39 is 0 Å². The molecular weight excluding hydrogens is 322 g/mol. The molecule has 1 aliphatic carbocycles. The van der Waals surface area contributed by atoms with Gasteiger partial charge in [0.25, 0.3) is 0 Å². The maximum atomic E-state index is 6.27. The molecule has 0 saturated heterocycles. The molecule has 3 nitrogen and oxygen atoms in total. The van der Waals surface area contributed by atoms with Crippen molar-refractivity contribution in [2.75, 3.05) is 5.73 Å². The van der Waals surface area contributed by atoms with Gasteiger partial charge >= 0.3 is 0 Å². The van der Waals surface area contributed by atoms with Gasteiger partial charge in [-0.05, 0) is 36.3 Å². The largest absolute Gasteiger partial charge is 0.383 e. The number of benzene rings is 1. The van der Waals surface area contributed by atoms with Crippen molar-refractivity contribution in [2.45, 2.75) is 37.1 Å². The summed E-state index contributed by atoms with van der Waals surface area (Å²) in [7, 11) is 0. The van der Waals surface area contributed by atoms with Crippen molar-refractivity contribution in [1.29, 1.82) is 0 Å². The van der Waals surface area contributed by atoms with Crippen molar-refractivity contribution in [3.05, 3.63) is 46.3 Å². The molecule has 0 aliphatic heterocycles. The summed E-state index contributed by atoms with van der Waals surface area (Å²) < 4.78 is 0. The number of rotatable bonds is 3. The zero-order valence-corrected chi connectivity index (χ0v) is 14.7. The van der Waals surface area contributed by atoms with Crippen LogP contribution < -0.4 is 5.73 Å². The van der Waals surface area contributed by atoms with E-state index in [9.17, 15) is 0 Å². The first-order valence-electron chi connectivity index (χ1n) is 7.95. The van der Waals surface area contributed by atoms with Crippen molar-refractivity contribution in [2.24, 2.45) is 5.92 Å². The summed E-state index contributed by atoms with van der Waals surface area (Å²) >= 11 is 3.46. The molecule has 2 heterocycles. The summed E-state index contributed by atoms with van der Waals surface area (Å²) in [5.74, 6) is 2.28. The lowest BCUT2D eigenvalue weighted by Crippen LogP contribution is -2.09. The summed E-state index contributed by atoms with van der Waals surface area (Å²) in [6, 6.07) is 10.4. The summed E-state index contributed by atoms with van der Waals surface area (Å²) in [6.07, 6.45) is 3.51. The van der Waals surface area contributed by atoms with Gasteiger partial charge < -0.3 is 5.73 Å². The molecule has 1 aromatic carbocycles. The molecule has 0 saturated carbocycles. The molecule has 3 aromatic rings. The second-order valence-corrected chi connectivity index (χ2v) is 8.22. The smallest absolute Gasteiger partial charge is 0.191 e. The Morgan fingerprint density at radius 1 is 1.26 bits per heavy atom. The van der Waals surface area contributed by atoms with Gasteiger partial charge in [-0.2, -0.15) is 0 Å².